The van der Waals surface area contributed by atoms with Crippen LogP contribution in [0.5, 0.6) is 0 Å². The molecule has 5 heteroatoms. The summed E-state index contributed by atoms with van der Waals surface area (Å²) in [7, 11) is 1.51. The molecular formula is C11H10BrNO3. The number of carboxylic acid groups (broad SMARTS) is 1. The standard InChI is InChI=1S/C11H10BrNO3/c1-13-10(14)5-2-7-6-8(12)3-4-9(7)11(15)16/h2-6H,1H3,(H,13,14)(H,15,16)/b5-2+. The Bertz CT molecular complexity index is 455. The highest BCUT2D eigenvalue weighted by molar-refractivity contribution is 9.10. The van der Waals surface area contributed by atoms with E-state index in [2.05, 4.69) is 21.2 Å². The Morgan fingerprint density at radius 3 is 2.69 bits per heavy atom. The van der Waals surface area contributed by atoms with Crippen molar-refractivity contribution in [3.8, 4) is 0 Å². The predicted octanol–water partition coefficient (Wildman–Crippen LogP) is 1.91. The molecule has 4 nitrogen and oxygen atoms in total. The predicted molar refractivity (Wildman–Crippen MR) is 64.2 cm³/mol. The van der Waals surface area contributed by atoms with Crippen LogP contribution in [0, 0.1) is 0 Å². The summed E-state index contributed by atoms with van der Waals surface area (Å²) in [4.78, 5) is 21.9. The number of halogens is 1. The number of aromatic carboxylic acids is 1. The largest absolute Gasteiger partial charge is 0.478 e. The molecule has 0 aliphatic rings. The van der Waals surface area contributed by atoms with Gasteiger partial charge in [-0.1, -0.05) is 15.9 Å². The number of rotatable bonds is 3. The van der Waals surface area contributed by atoms with Crippen LogP contribution in [0.15, 0.2) is 28.7 Å². The maximum Gasteiger partial charge on any atom is 0.336 e. The summed E-state index contributed by atoms with van der Waals surface area (Å²) in [6, 6.07) is 4.76. The van der Waals surface area contributed by atoms with Gasteiger partial charge in [-0.05, 0) is 29.8 Å². The van der Waals surface area contributed by atoms with Crippen LogP contribution in [0.2, 0.25) is 0 Å². The molecule has 0 spiro atoms. The zero-order chi connectivity index (χ0) is 12.1. The van der Waals surface area contributed by atoms with Crippen LogP contribution in [-0.2, 0) is 4.79 Å². The van der Waals surface area contributed by atoms with E-state index in [9.17, 15) is 9.59 Å². The summed E-state index contributed by atoms with van der Waals surface area (Å²) in [5, 5.41) is 11.3. The SMILES string of the molecule is CNC(=O)/C=C/c1cc(Br)ccc1C(=O)O. The topological polar surface area (TPSA) is 66.4 Å². The van der Waals surface area contributed by atoms with Crippen LogP contribution in [-0.4, -0.2) is 24.0 Å². The molecule has 1 amide bonds. The minimum Gasteiger partial charge on any atom is -0.478 e. The molecular weight excluding hydrogens is 274 g/mol. The molecule has 2 N–H and O–H groups in total. The average molecular weight is 284 g/mol. The number of carbonyl (C=O) groups is 2. The smallest absolute Gasteiger partial charge is 0.336 e. The van der Waals surface area contributed by atoms with E-state index in [1.807, 2.05) is 0 Å². The van der Waals surface area contributed by atoms with Gasteiger partial charge in [-0.2, -0.15) is 0 Å². The van der Waals surface area contributed by atoms with Crippen LogP contribution >= 0.6 is 15.9 Å². The number of carbonyl (C=O) groups excluding carboxylic acids is 1. The Hall–Kier alpha value is -1.62. The lowest BCUT2D eigenvalue weighted by atomic mass is 10.1. The third-order valence-corrected chi connectivity index (χ3v) is 2.40. The highest BCUT2D eigenvalue weighted by atomic mass is 79.9. The number of amides is 1. The molecule has 1 aromatic rings. The molecule has 0 atom stereocenters. The molecule has 0 saturated carbocycles. The molecule has 1 aromatic carbocycles. The summed E-state index contributed by atoms with van der Waals surface area (Å²) in [5.41, 5.74) is 0.633. The van der Waals surface area contributed by atoms with Crippen molar-refractivity contribution >= 4 is 33.9 Å². The molecule has 0 aromatic heterocycles. The van der Waals surface area contributed by atoms with E-state index in [1.54, 1.807) is 12.1 Å². The molecule has 0 unspecified atom stereocenters. The number of carboxylic acids is 1. The summed E-state index contributed by atoms with van der Waals surface area (Å²) >= 11 is 3.24. The van der Waals surface area contributed by atoms with Gasteiger partial charge in [-0.15, -0.1) is 0 Å². The molecule has 0 saturated heterocycles. The second-order valence-electron chi connectivity index (χ2n) is 2.98. The van der Waals surface area contributed by atoms with Gasteiger partial charge in [0, 0.05) is 17.6 Å². The van der Waals surface area contributed by atoms with Gasteiger partial charge in [-0.3, -0.25) is 4.79 Å². The van der Waals surface area contributed by atoms with Crippen molar-refractivity contribution in [2.24, 2.45) is 0 Å². The van der Waals surface area contributed by atoms with E-state index in [4.69, 9.17) is 5.11 Å². The van der Waals surface area contributed by atoms with Gasteiger partial charge in [0.05, 0.1) is 5.56 Å². The highest BCUT2D eigenvalue weighted by Crippen LogP contribution is 2.18. The molecule has 84 valence electrons. The van der Waals surface area contributed by atoms with Crippen molar-refractivity contribution in [3.05, 3.63) is 39.9 Å². The fourth-order valence-corrected chi connectivity index (χ4v) is 1.49. The number of likely N-dealkylation sites (N-methyl/N-ethyl adjacent to an activating group) is 1. The first-order chi connectivity index (χ1) is 7.54. The first-order valence-electron chi connectivity index (χ1n) is 4.47. The monoisotopic (exact) mass is 283 g/mol. The van der Waals surface area contributed by atoms with Crippen LogP contribution in [0.4, 0.5) is 0 Å². The molecule has 0 radical (unpaired) electrons. The summed E-state index contributed by atoms with van der Waals surface area (Å²) in [5.74, 6) is -1.31. The Kier molecular flexibility index (Phi) is 4.25. The number of benzene rings is 1. The average Bonchev–Trinajstić information content (AvgIpc) is 2.25. The third kappa shape index (κ3) is 3.20. The van der Waals surface area contributed by atoms with E-state index in [-0.39, 0.29) is 11.5 Å². The van der Waals surface area contributed by atoms with Gasteiger partial charge in [0.2, 0.25) is 5.91 Å². The Labute approximate surface area is 101 Å². The molecule has 0 heterocycles. The first kappa shape index (κ1) is 12.4. The fourth-order valence-electron chi connectivity index (χ4n) is 1.12. The van der Waals surface area contributed by atoms with Gasteiger partial charge in [0.15, 0.2) is 0 Å². The van der Waals surface area contributed by atoms with Gasteiger partial charge in [0.25, 0.3) is 0 Å². The summed E-state index contributed by atoms with van der Waals surface area (Å²) < 4.78 is 0.758. The van der Waals surface area contributed by atoms with E-state index >= 15 is 0 Å². The maximum atomic E-state index is 11.0. The van der Waals surface area contributed by atoms with Crippen molar-refractivity contribution in [1.29, 1.82) is 0 Å². The Morgan fingerprint density at radius 2 is 2.12 bits per heavy atom. The second kappa shape index (κ2) is 5.46. The third-order valence-electron chi connectivity index (χ3n) is 1.90. The lowest BCUT2D eigenvalue weighted by molar-refractivity contribution is -0.115. The first-order valence-corrected chi connectivity index (χ1v) is 5.26. The van der Waals surface area contributed by atoms with Crippen molar-refractivity contribution in [2.45, 2.75) is 0 Å². The summed E-state index contributed by atoms with van der Waals surface area (Å²) in [6.07, 6.45) is 2.75. The number of hydrogen-bond donors (Lipinski definition) is 2. The Balaban J connectivity index is 3.10. The van der Waals surface area contributed by atoms with E-state index < -0.39 is 5.97 Å². The zero-order valence-corrected chi connectivity index (χ0v) is 10.1. The van der Waals surface area contributed by atoms with Crippen LogP contribution in [0.1, 0.15) is 15.9 Å². The van der Waals surface area contributed by atoms with Crippen molar-refractivity contribution < 1.29 is 14.7 Å². The van der Waals surface area contributed by atoms with Crippen LogP contribution in [0.25, 0.3) is 6.08 Å². The maximum absolute atomic E-state index is 11.0. The molecule has 0 aliphatic heterocycles. The fraction of sp³-hybridized carbons (Fsp3) is 0.0909. The molecule has 0 bridgehead atoms. The van der Waals surface area contributed by atoms with Crippen LogP contribution in [0.3, 0.4) is 0 Å². The van der Waals surface area contributed by atoms with E-state index in [1.165, 1.54) is 25.3 Å². The summed E-state index contributed by atoms with van der Waals surface area (Å²) in [6.45, 7) is 0. The lowest BCUT2D eigenvalue weighted by Gasteiger charge is -2.01. The molecule has 16 heavy (non-hydrogen) atoms. The quantitative estimate of drug-likeness (QED) is 0.833. The van der Waals surface area contributed by atoms with Gasteiger partial charge >= 0.3 is 5.97 Å². The molecule has 0 aliphatic carbocycles. The normalized spacial score (nSPS) is 10.4. The van der Waals surface area contributed by atoms with Crippen molar-refractivity contribution in [1.82, 2.24) is 5.32 Å². The van der Waals surface area contributed by atoms with Gasteiger partial charge < -0.3 is 10.4 Å². The van der Waals surface area contributed by atoms with Gasteiger partial charge in [-0.25, -0.2) is 4.79 Å². The molecule has 1 rings (SSSR count). The van der Waals surface area contributed by atoms with E-state index in [0.717, 1.165) is 4.47 Å². The van der Waals surface area contributed by atoms with E-state index in [0.29, 0.717) is 5.56 Å². The second-order valence-corrected chi connectivity index (χ2v) is 3.90. The molecule has 0 fully saturated rings. The minimum atomic E-state index is -1.02. The van der Waals surface area contributed by atoms with Crippen LogP contribution < -0.4 is 5.32 Å². The lowest BCUT2D eigenvalue weighted by Crippen LogP contribution is -2.14. The number of hydrogen-bond acceptors (Lipinski definition) is 2. The van der Waals surface area contributed by atoms with Crippen molar-refractivity contribution in [3.63, 3.8) is 0 Å². The Morgan fingerprint density at radius 1 is 1.44 bits per heavy atom. The van der Waals surface area contributed by atoms with Crippen molar-refractivity contribution in [2.75, 3.05) is 7.05 Å². The van der Waals surface area contributed by atoms with Gasteiger partial charge in [0.1, 0.15) is 0 Å². The minimum absolute atomic E-state index is 0.156. The zero-order valence-electron chi connectivity index (χ0n) is 8.53. The number of nitrogens with one attached hydrogen (secondary N) is 1. The highest BCUT2D eigenvalue weighted by Gasteiger charge is 2.08.